The van der Waals surface area contributed by atoms with Crippen LogP contribution < -0.4 is 0 Å². The number of carbonyl (C=O) groups excluding carboxylic acids is 1. The van der Waals surface area contributed by atoms with Crippen LogP contribution in [0.1, 0.15) is 16.1 Å². The zero-order valence-electron chi connectivity index (χ0n) is 9.67. The maximum absolute atomic E-state index is 12.2. The van der Waals surface area contributed by atoms with Gasteiger partial charge < -0.3 is 9.64 Å². The number of ether oxygens (including phenoxy) is 1. The summed E-state index contributed by atoms with van der Waals surface area (Å²) in [7, 11) is 0. The Bertz CT molecular complexity index is 469. The van der Waals surface area contributed by atoms with Gasteiger partial charge in [-0.1, -0.05) is 0 Å². The Hall–Kier alpha value is -1.64. The maximum atomic E-state index is 12.2. The first-order chi connectivity index (χ1) is 8.76. The molecule has 2 heterocycles. The van der Waals surface area contributed by atoms with Crippen molar-refractivity contribution in [3.05, 3.63) is 29.6 Å². The predicted octanol–water partition coefficient (Wildman–Crippen LogP) is 1.03. The lowest BCUT2D eigenvalue weighted by atomic mass is 10.2. The summed E-state index contributed by atoms with van der Waals surface area (Å²) >= 11 is 5.82. The fraction of sp³-hybridized carbons (Fsp3) is 0.417. The fourth-order valence-electron chi connectivity index (χ4n) is 1.78. The number of hydrogen-bond donors (Lipinski definition) is 0. The minimum absolute atomic E-state index is 0.120. The van der Waals surface area contributed by atoms with Gasteiger partial charge in [-0.2, -0.15) is 5.26 Å². The van der Waals surface area contributed by atoms with Crippen molar-refractivity contribution < 1.29 is 9.53 Å². The molecule has 94 valence electrons. The molecule has 0 aliphatic carbocycles. The van der Waals surface area contributed by atoms with E-state index in [0.29, 0.717) is 36.9 Å². The molecule has 1 saturated heterocycles. The summed E-state index contributed by atoms with van der Waals surface area (Å²) in [6.07, 6.45) is 1.39. The summed E-state index contributed by atoms with van der Waals surface area (Å²) in [6, 6.07) is 4.98. The van der Waals surface area contributed by atoms with E-state index >= 15 is 0 Å². The molecule has 6 heteroatoms. The van der Waals surface area contributed by atoms with Crippen LogP contribution in [0.2, 0.25) is 0 Å². The van der Waals surface area contributed by atoms with Crippen molar-refractivity contribution in [2.45, 2.75) is 6.04 Å². The molecule has 1 amide bonds. The van der Waals surface area contributed by atoms with E-state index in [1.54, 1.807) is 17.0 Å². The van der Waals surface area contributed by atoms with Crippen LogP contribution in [-0.4, -0.2) is 47.5 Å². The minimum atomic E-state index is -0.173. The van der Waals surface area contributed by atoms with Gasteiger partial charge in [0.25, 0.3) is 5.91 Å². The summed E-state index contributed by atoms with van der Waals surface area (Å²) in [4.78, 5) is 17.9. The first-order valence-corrected chi connectivity index (χ1v) is 6.10. The third kappa shape index (κ3) is 2.61. The van der Waals surface area contributed by atoms with Gasteiger partial charge in [0.1, 0.15) is 11.8 Å². The Kier molecular flexibility index (Phi) is 4.13. The molecule has 0 radical (unpaired) electrons. The molecular weight excluding hydrogens is 254 g/mol. The van der Waals surface area contributed by atoms with E-state index in [4.69, 9.17) is 21.6 Å². The molecular formula is C12H12ClN3O2. The van der Waals surface area contributed by atoms with E-state index in [1.165, 1.54) is 6.20 Å². The quantitative estimate of drug-likeness (QED) is 0.749. The van der Waals surface area contributed by atoms with Crippen molar-refractivity contribution in [1.29, 1.82) is 5.26 Å². The lowest BCUT2D eigenvalue weighted by molar-refractivity contribution is 0.00424. The Morgan fingerprint density at radius 1 is 1.67 bits per heavy atom. The third-order valence-electron chi connectivity index (χ3n) is 2.78. The number of aromatic nitrogens is 1. The summed E-state index contributed by atoms with van der Waals surface area (Å²) < 4.78 is 5.28. The first kappa shape index (κ1) is 12.8. The second kappa shape index (κ2) is 5.80. The van der Waals surface area contributed by atoms with Gasteiger partial charge in [0, 0.05) is 18.6 Å². The summed E-state index contributed by atoms with van der Waals surface area (Å²) in [5, 5.41) is 8.68. The largest absolute Gasteiger partial charge is 0.377 e. The number of pyridine rings is 1. The van der Waals surface area contributed by atoms with Gasteiger partial charge in [0.2, 0.25) is 0 Å². The van der Waals surface area contributed by atoms with Crippen LogP contribution in [0.5, 0.6) is 0 Å². The van der Waals surface area contributed by atoms with Crippen LogP contribution in [0, 0.1) is 11.3 Å². The molecule has 5 nitrogen and oxygen atoms in total. The van der Waals surface area contributed by atoms with Crippen LogP contribution in [0.3, 0.4) is 0 Å². The van der Waals surface area contributed by atoms with E-state index < -0.39 is 0 Å². The molecule has 0 spiro atoms. The molecule has 0 N–H and O–H groups in total. The van der Waals surface area contributed by atoms with E-state index in [0.717, 1.165) is 0 Å². The number of alkyl halides is 1. The van der Waals surface area contributed by atoms with Crippen LogP contribution in [0.4, 0.5) is 0 Å². The average molecular weight is 266 g/mol. The molecule has 1 fully saturated rings. The lowest BCUT2D eigenvalue weighted by Gasteiger charge is -2.34. The van der Waals surface area contributed by atoms with Crippen LogP contribution in [-0.2, 0) is 4.74 Å². The predicted molar refractivity (Wildman–Crippen MR) is 65.3 cm³/mol. The van der Waals surface area contributed by atoms with Crippen molar-refractivity contribution in [2.24, 2.45) is 0 Å². The lowest BCUT2D eigenvalue weighted by Crippen LogP contribution is -2.49. The molecule has 0 bridgehead atoms. The Balaban J connectivity index is 2.16. The molecule has 1 aromatic rings. The highest BCUT2D eigenvalue weighted by atomic mass is 35.5. The zero-order valence-corrected chi connectivity index (χ0v) is 10.4. The highest BCUT2D eigenvalue weighted by Gasteiger charge is 2.27. The molecule has 1 aliphatic rings. The van der Waals surface area contributed by atoms with E-state index in [1.807, 2.05) is 6.07 Å². The number of amides is 1. The number of nitriles is 1. The van der Waals surface area contributed by atoms with Gasteiger partial charge >= 0.3 is 0 Å². The van der Waals surface area contributed by atoms with Gasteiger partial charge in [-0.25, -0.2) is 4.98 Å². The molecule has 0 saturated carbocycles. The highest BCUT2D eigenvalue weighted by Crippen LogP contribution is 2.12. The summed E-state index contributed by atoms with van der Waals surface area (Å²) in [6.45, 7) is 1.47. The summed E-state index contributed by atoms with van der Waals surface area (Å²) in [5.74, 6) is 0.163. The first-order valence-electron chi connectivity index (χ1n) is 5.57. The standard InChI is InChI=1S/C12H12ClN3O2/c13-5-10-8-18-4-3-16(10)12(17)11-2-1-9(6-14)7-15-11/h1-2,7,10H,3-5,8H2. The fourth-order valence-corrected chi connectivity index (χ4v) is 2.04. The second-order valence-electron chi connectivity index (χ2n) is 3.93. The number of carbonyl (C=O) groups is 1. The number of morpholine rings is 1. The number of hydrogen-bond acceptors (Lipinski definition) is 4. The molecule has 1 aliphatic heterocycles. The van der Waals surface area contributed by atoms with Crippen molar-refractivity contribution in [3.8, 4) is 6.07 Å². The Labute approximate surface area is 110 Å². The zero-order chi connectivity index (χ0) is 13.0. The topological polar surface area (TPSA) is 66.2 Å². The van der Waals surface area contributed by atoms with Crippen molar-refractivity contribution >= 4 is 17.5 Å². The van der Waals surface area contributed by atoms with Gasteiger partial charge in [0.05, 0.1) is 24.8 Å². The second-order valence-corrected chi connectivity index (χ2v) is 4.23. The number of nitrogens with zero attached hydrogens (tertiary/aromatic N) is 3. The molecule has 1 atom stereocenters. The normalized spacial score (nSPS) is 19.3. The third-order valence-corrected chi connectivity index (χ3v) is 3.13. The maximum Gasteiger partial charge on any atom is 0.272 e. The molecule has 2 rings (SSSR count). The van der Waals surface area contributed by atoms with Gasteiger partial charge in [-0.05, 0) is 12.1 Å². The molecule has 1 aromatic heterocycles. The van der Waals surface area contributed by atoms with Gasteiger partial charge in [-0.3, -0.25) is 4.79 Å². The molecule has 18 heavy (non-hydrogen) atoms. The van der Waals surface area contributed by atoms with Crippen LogP contribution in [0.15, 0.2) is 18.3 Å². The average Bonchev–Trinajstić information content (AvgIpc) is 2.46. The number of halogens is 1. The monoisotopic (exact) mass is 265 g/mol. The molecule has 0 aromatic carbocycles. The van der Waals surface area contributed by atoms with Gasteiger partial charge in [-0.15, -0.1) is 11.6 Å². The van der Waals surface area contributed by atoms with Gasteiger partial charge in [0.15, 0.2) is 0 Å². The van der Waals surface area contributed by atoms with Crippen LogP contribution >= 0.6 is 11.6 Å². The van der Waals surface area contributed by atoms with E-state index in [2.05, 4.69) is 4.98 Å². The van der Waals surface area contributed by atoms with E-state index in [9.17, 15) is 4.79 Å². The minimum Gasteiger partial charge on any atom is -0.377 e. The Morgan fingerprint density at radius 3 is 3.11 bits per heavy atom. The van der Waals surface area contributed by atoms with E-state index in [-0.39, 0.29) is 11.9 Å². The van der Waals surface area contributed by atoms with Crippen molar-refractivity contribution in [1.82, 2.24) is 9.88 Å². The van der Waals surface area contributed by atoms with Crippen LogP contribution in [0.25, 0.3) is 0 Å². The van der Waals surface area contributed by atoms with Crippen molar-refractivity contribution in [2.75, 3.05) is 25.6 Å². The SMILES string of the molecule is N#Cc1ccc(C(=O)N2CCOCC2CCl)nc1. The van der Waals surface area contributed by atoms with Crippen molar-refractivity contribution in [3.63, 3.8) is 0 Å². The summed E-state index contributed by atoms with van der Waals surface area (Å²) in [5.41, 5.74) is 0.758. The highest BCUT2D eigenvalue weighted by molar-refractivity contribution is 6.18. The Morgan fingerprint density at radius 2 is 2.50 bits per heavy atom. The number of rotatable bonds is 2. The smallest absolute Gasteiger partial charge is 0.272 e. The molecule has 1 unspecified atom stereocenters.